The van der Waals surface area contributed by atoms with Gasteiger partial charge in [-0.15, -0.1) is 10.2 Å². The molecule has 0 aliphatic carbocycles. The summed E-state index contributed by atoms with van der Waals surface area (Å²) in [6.07, 6.45) is 0.820. The second-order valence-electron chi connectivity index (χ2n) is 4.12. The molecule has 1 heterocycles. The highest BCUT2D eigenvalue weighted by atomic mass is 35.5. The molecule has 0 radical (unpaired) electrons. The van der Waals surface area contributed by atoms with Gasteiger partial charge in [0.1, 0.15) is 5.01 Å². The highest BCUT2D eigenvalue weighted by molar-refractivity contribution is 7.15. The Kier molecular flexibility index (Phi) is 4.50. The quantitative estimate of drug-likeness (QED) is 0.939. The smallest absolute Gasteiger partial charge is 0.233 e. The van der Waals surface area contributed by atoms with Crippen LogP contribution in [0.25, 0.3) is 0 Å². The predicted octanol–water partition coefficient (Wildman–Crippen LogP) is 3.50. The average molecular weight is 296 g/mol. The highest BCUT2D eigenvalue weighted by Gasteiger charge is 2.16. The number of hydrogen-bond donors (Lipinski definition) is 1. The van der Waals surface area contributed by atoms with E-state index in [0.29, 0.717) is 10.2 Å². The van der Waals surface area contributed by atoms with Crippen LogP contribution in [0, 0.1) is 0 Å². The number of hydrogen-bond acceptors (Lipinski definition) is 4. The van der Waals surface area contributed by atoms with Gasteiger partial charge in [0.05, 0.1) is 5.92 Å². The zero-order chi connectivity index (χ0) is 13.8. The summed E-state index contributed by atoms with van der Waals surface area (Å²) in [5, 5.41) is 12.8. The lowest BCUT2D eigenvalue weighted by molar-refractivity contribution is -0.117. The van der Waals surface area contributed by atoms with Gasteiger partial charge in [0.2, 0.25) is 11.0 Å². The van der Waals surface area contributed by atoms with Crippen LogP contribution in [0.1, 0.15) is 30.3 Å². The van der Waals surface area contributed by atoms with Gasteiger partial charge in [-0.3, -0.25) is 4.79 Å². The molecule has 1 unspecified atom stereocenters. The molecule has 2 rings (SSSR count). The van der Waals surface area contributed by atoms with Gasteiger partial charge in [0, 0.05) is 5.02 Å². The van der Waals surface area contributed by atoms with Gasteiger partial charge in [0.15, 0.2) is 0 Å². The Balaban J connectivity index is 2.04. The maximum atomic E-state index is 12.1. The number of nitrogens with one attached hydrogen (secondary N) is 1. The molecule has 1 atom stereocenters. The number of carbonyl (C=O) groups excluding carboxylic acids is 1. The molecule has 0 bridgehead atoms. The SMILES string of the molecule is CCc1nnc(NC(=O)C(C)c2ccc(Cl)cc2)s1. The molecule has 0 aliphatic rings. The molecule has 2 aromatic rings. The largest absolute Gasteiger partial charge is 0.300 e. The number of halogens is 1. The third-order valence-electron chi connectivity index (χ3n) is 2.76. The van der Waals surface area contributed by atoms with Crippen molar-refractivity contribution in [3.05, 3.63) is 39.9 Å². The first-order chi connectivity index (χ1) is 9.10. The van der Waals surface area contributed by atoms with E-state index >= 15 is 0 Å². The number of anilines is 1. The molecule has 1 aromatic carbocycles. The molecular weight excluding hydrogens is 282 g/mol. The molecule has 0 saturated carbocycles. The fraction of sp³-hybridized carbons (Fsp3) is 0.308. The number of nitrogens with zero attached hydrogens (tertiary/aromatic N) is 2. The Bertz CT molecular complexity index is 568. The van der Waals surface area contributed by atoms with Crippen molar-refractivity contribution in [3.63, 3.8) is 0 Å². The zero-order valence-corrected chi connectivity index (χ0v) is 12.3. The molecule has 1 N–H and O–H groups in total. The van der Waals surface area contributed by atoms with Gasteiger partial charge >= 0.3 is 0 Å². The number of aryl methyl sites for hydroxylation is 1. The van der Waals surface area contributed by atoms with Crippen LogP contribution in [0.2, 0.25) is 5.02 Å². The van der Waals surface area contributed by atoms with E-state index in [2.05, 4.69) is 15.5 Å². The Labute approximate surface area is 120 Å². The standard InChI is InChI=1S/C13H14ClN3OS/c1-3-11-16-17-13(19-11)15-12(18)8(2)9-4-6-10(14)7-5-9/h4-8H,3H2,1-2H3,(H,15,17,18). The van der Waals surface area contributed by atoms with Crippen molar-refractivity contribution in [3.8, 4) is 0 Å². The number of carbonyl (C=O) groups is 1. The van der Waals surface area contributed by atoms with E-state index in [1.54, 1.807) is 12.1 Å². The summed E-state index contributed by atoms with van der Waals surface area (Å²) in [5.74, 6) is -0.354. The lowest BCUT2D eigenvalue weighted by Crippen LogP contribution is -2.18. The van der Waals surface area contributed by atoms with Gasteiger partial charge < -0.3 is 5.32 Å². The van der Waals surface area contributed by atoms with Crippen molar-refractivity contribution >= 4 is 34.0 Å². The van der Waals surface area contributed by atoms with Crippen molar-refractivity contribution in [2.75, 3.05) is 5.32 Å². The third-order valence-corrected chi connectivity index (χ3v) is 4.00. The van der Waals surface area contributed by atoms with E-state index in [0.717, 1.165) is 17.0 Å². The van der Waals surface area contributed by atoms with E-state index in [9.17, 15) is 4.79 Å². The lowest BCUT2D eigenvalue weighted by atomic mass is 10.0. The minimum absolute atomic E-state index is 0.0962. The summed E-state index contributed by atoms with van der Waals surface area (Å²) in [5.41, 5.74) is 0.919. The predicted molar refractivity (Wildman–Crippen MR) is 77.8 cm³/mol. The maximum absolute atomic E-state index is 12.1. The normalized spacial score (nSPS) is 12.2. The number of aromatic nitrogens is 2. The number of amides is 1. The zero-order valence-electron chi connectivity index (χ0n) is 10.7. The molecule has 19 heavy (non-hydrogen) atoms. The first-order valence-electron chi connectivity index (χ1n) is 5.99. The first-order valence-corrected chi connectivity index (χ1v) is 7.18. The van der Waals surface area contributed by atoms with Crippen LogP contribution in [0.5, 0.6) is 0 Å². The molecule has 6 heteroatoms. The molecule has 0 saturated heterocycles. The fourth-order valence-electron chi connectivity index (χ4n) is 1.56. The second-order valence-corrected chi connectivity index (χ2v) is 5.62. The molecule has 0 fully saturated rings. The van der Waals surface area contributed by atoms with Crippen molar-refractivity contribution in [1.29, 1.82) is 0 Å². The topological polar surface area (TPSA) is 54.9 Å². The summed E-state index contributed by atoms with van der Waals surface area (Å²) in [4.78, 5) is 12.1. The monoisotopic (exact) mass is 295 g/mol. The summed E-state index contributed by atoms with van der Waals surface area (Å²) in [6, 6.07) is 7.26. The van der Waals surface area contributed by atoms with Crippen LogP contribution in [-0.4, -0.2) is 16.1 Å². The van der Waals surface area contributed by atoms with E-state index in [4.69, 9.17) is 11.6 Å². The van der Waals surface area contributed by atoms with E-state index in [1.807, 2.05) is 26.0 Å². The van der Waals surface area contributed by atoms with Gasteiger partial charge in [-0.2, -0.15) is 0 Å². The fourth-order valence-corrected chi connectivity index (χ4v) is 2.37. The second kappa shape index (κ2) is 6.12. The Morgan fingerprint density at radius 2 is 2.05 bits per heavy atom. The Morgan fingerprint density at radius 1 is 1.37 bits per heavy atom. The van der Waals surface area contributed by atoms with E-state index in [-0.39, 0.29) is 11.8 Å². The van der Waals surface area contributed by atoms with Crippen LogP contribution in [-0.2, 0) is 11.2 Å². The molecule has 1 amide bonds. The number of benzene rings is 1. The van der Waals surface area contributed by atoms with Crippen LogP contribution in [0.4, 0.5) is 5.13 Å². The summed E-state index contributed by atoms with van der Waals surface area (Å²) >= 11 is 7.23. The summed E-state index contributed by atoms with van der Waals surface area (Å²) in [7, 11) is 0. The van der Waals surface area contributed by atoms with Gasteiger partial charge in [-0.1, -0.05) is 42.0 Å². The maximum Gasteiger partial charge on any atom is 0.233 e. The first kappa shape index (κ1) is 14.0. The summed E-state index contributed by atoms with van der Waals surface area (Å²) in [6.45, 7) is 3.85. The van der Waals surface area contributed by atoms with Crippen LogP contribution in [0.15, 0.2) is 24.3 Å². The van der Waals surface area contributed by atoms with Crippen molar-refractivity contribution < 1.29 is 4.79 Å². The van der Waals surface area contributed by atoms with Crippen LogP contribution < -0.4 is 5.32 Å². The Morgan fingerprint density at radius 3 is 2.63 bits per heavy atom. The van der Waals surface area contributed by atoms with Crippen LogP contribution >= 0.6 is 22.9 Å². The molecular formula is C13H14ClN3OS. The van der Waals surface area contributed by atoms with Crippen LogP contribution in [0.3, 0.4) is 0 Å². The van der Waals surface area contributed by atoms with Gasteiger partial charge in [-0.25, -0.2) is 0 Å². The van der Waals surface area contributed by atoms with Crippen molar-refractivity contribution in [1.82, 2.24) is 10.2 Å². The average Bonchev–Trinajstić information content (AvgIpc) is 2.86. The van der Waals surface area contributed by atoms with Crippen molar-refractivity contribution in [2.45, 2.75) is 26.2 Å². The highest BCUT2D eigenvalue weighted by Crippen LogP contribution is 2.21. The minimum atomic E-state index is -0.258. The van der Waals surface area contributed by atoms with Gasteiger partial charge in [0.25, 0.3) is 0 Å². The molecule has 0 aliphatic heterocycles. The third kappa shape index (κ3) is 3.52. The lowest BCUT2D eigenvalue weighted by Gasteiger charge is -2.10. The van der Waals surface area contributed by atoms with E-state index < -0.39 is 0 Å². The molecule has 1 aromatic heterocycles. The molecule has 0 spiro atoms. The van der Waals surface area contributed by atoms with Crippen molar-refractivity contribution in [2.24, 2.45) is 0 Å². The molecule has 4 nitrogen and oxygen atoms in total. The van der Waals surface area contributed by atoms with Gasteiger partial charge in [-0.05, 0) is 31.0 Å². The summed E-state index contributed by atoms with van der Waals surface area (Å²) < 4.78 is 0. The minimum Gasteiger partial charge on any atom is -0.300 e. The Hall–Kier alpha value is -1.46. The van der Waals surface area contributed by atoms with E-state index in [1.165, 1.54) is 11.3 Å². The molecule has 100 valence electrons. The number of rotatable bonds is 4.